The molecule has 22 aliphatic heterocycles. The predicted molar refractivity (Wildman–Crippen MR) is 290 cm³/mol. The van der Waals surface area contributed by atoms with Crippen molar-refractivity contribution in [2.45, 2.75) is 210 Å². The van der Waals surface area contributed by atoms with Gasteiger partial charge in [0.2, 0.25) is 0 Å². The molecule has 0 aromatic rings. The summed E-state index contributed by atoms with van der Waals surface area (Å²) < 4.78 is 88.9. The minimum atomic E-state index is -2.15. The summed E-state index contributed by atoms with van der Waals surface area (Å²) in [5, 5.41) is 208. The highest BCUT2D eigenvalue weighted by Gasteiger charge is 2.58. The minimum Gasteiger partial charge on any atom is -0.394 e. The van der Waals surface area contributed by atoms with Crippen LogP contribution in [-0.4, -0.2) is 366 Å². The number of nitriles is 1. The molecule has 0 spiro atoms. The standard InChI is InChI=1S/C36H60O30.2C6H11NOS2/c37-1-7-25-13(43)19(49)31(55-7)62-26-8(2-38)57-33(21(51)15(26)45)64-28-10(4-40)59-35(23(53)17(28)47)66-30-12(6-42)60-36(24(54)18(30)48)65-29-11(5-41)58-34(22(52)16(29)46)63-27-9(3-39)56-32(61-25)20(50)14(27)44;1-10(8)5-3-2-4-9-6-7;1-10(8)5-3-2-4-7-6-9/h7-54H,1-6H2;2*2-5H2,1H3/t7-,8-,9-,10-,11-,12-,13-,14-,15-,16-,17-,18-,19-,20-,21-,22-,23-,24-,25-,26-,27-,28-,29?,30?,31?,32?,33?,34?,35?,36?;;/m1../s1. The Bertz CT molecular complexity index is 1840. The molecule has 32 atom stereocenters. The lowest BCUT2D eigenvalue weighted by atomic mass is 9.94. The van der Waals surface area contributed by atoms with Crippen LogP contribution < -0.4 is 0 Å². The highest BCUT2D eigenvalue weighted by Crippen LogP contribution is 2.38. The van der Waals surface area contributed by atoms with E-state index in [0.717, 1.165) is 49.5 Å². The molecule has 22 aliphatic rings. The van der Waals surface area contributed by atoms with Crippen molar-refractivity contribution in [3.05, 3.63) is 0 Å². The number of rotatable bonds is 16. The van der Waals surface area contributed by atoms with E-state index in [-0.39, 0.29) is 0 Å². The number of thioether (sulfide) groups is 1. The predicted octanol–water partition coefficient (Wildman–Crippen LogP) is -10.4. The molecule has 22 fully saturated rings. The van der Waals surface area contributed by atoms with Crippen molar-refractivity contribution in [1.29, 1.82) is 5.26 Å². The third-order valence-corrected chi connectivity index (χ3v) is 17.2. The smallest absolute Gasteiger partial charge is 0.187 e. The molecule has 0 saturated carbocycles. The Balaban J connectivity index is 0.000000576. The van der Waals surface area contributed by atoms with E-state index in [4.69, 9.17) is 62.1 Å². The molecule has 12 bridgehead atoms. The first-order valence-electron chi connectivity index (χ1n) is 27.3. The van der Waals surface area contributed by atoms with Gasteiger partial charge >= 0.3 is 0 Å². The maximum absolute atomic E-state index is 11.2. The third kappa shape index (κ3) is 19.4. The molecule has 86 heavy (non-hydrogen) atoms. The van der Waals surface area contributed by atoms with Crippen molar-refractivity contribution in [3.8, 4) is 5.40 Å². The Hall–Kier alpha value is -1.26. The normalized spacial score (nSPS) is 45.3. The number of isothiocyanates is 1. The molecular formula is C48H82N2O32S4. The van der Waals surface area contributed by atoms with E-state index in [9.17, 15) is 100 Å². The van der Waals surface area contributed by atoms with Gasteiger partial charge in [0.15, 0.2) is 37.7 Å². The van der Waals surface area contributed by atoms with Gasteiger partial charge in [-0.1, -0.05) is 0 Å². The second kappa shape index (κ2) is 36.8. The van der Waals surface area contributed by atoms with Gasteiger partial charge in [0.05, 0.1) is 44.8 Å². The lowest BCUT2D eigenvalue weighted by Gasteiger charge is -2.50. The van der Waals surface area contributed by atoms with E-state index >= 15 is 0 Å². The first kappa shape index (κ1) is 75.5. The zero-order chi connectivity index (χ0) is 63.7. The van der Waals surface area contributed by atoms with Crippen LogP contribution in [0.5, 0.6) is 0 Å². The number of hydrogen-bond donors (Lipinski definition) is 18. The van der Waals surface area contributed by atoms with Crippen LogP contribution in [-0.2, 0) is 78.4 Å². The summed E-state index contributed by atoms with van der Waals surface area (Å²) in [5.74, 6) is 2.41. The number of hydrogen-bond acceptors (Lipinski definition) is 36. The van der Waals surface area contributed by atoms with Gasteiger partial charge in [-0.2, -0.15) is 5.26 Å². The lowest BCUT2D eigenvalue weighted by Crippen LogP contribution is -2.69. The first-order chi connectivity index (χ1) is 41.0. The highest BCUT2D eigenvalue weighted by atomic mass is 32.2. The molecule has 0 aliphatic carbocycles. The number of ether oxygens (including phenoxy) is 12. The second-order valence-corrected chi connectivity index (χ2v) is 24.9. The van der Waals surface area contributed by atoms with Crippen LogP contribution in [0.2, 0.25) is 0 Å². The molecule has 22 rings (SSSR count). The molecule has 0 aromatic carbocycles. The molecule has 18 N–H and O–H groups in total. The van der Waals surface area contributed by atoms with E-state index in [0.29, 0.717) is 0 Å². The molecule has 0 aromatic heterocycles. The van der Waals surface area contributed by atoms with Crippen LogP contribution in [0.1, 0.15) is 25.7 Å². The van der Waals surface area contributed by atoms with Gasteiger partial charge in [0.25, 0.3) is 0 Å². The quantitative estimate of drug-likeness (QED) is 0.0295. The maximum atomic E-state index is 11.2. The Kier molecular flexibility index (Phi) is 32.3. The number of thiocyanates is 1. The number of aliphatic hydroxyl groups is 18. The highest BCUT2D eigenvalue weighted by molar-refractivity contribution is 8.03. The summed E-state index contributed by atoms with van der Waals surface area (Å²) in [4.78, 5) is 3.73. The van der Waals surface area contributed by atoms with Crippen LogP contribution in [0.25, 0.3) is 0 Å². The van der Waals surface area contributed by atoms with Crippen LogP contribution in [0.3, 0.4) is 0 Å². The molecule has 22 heterocycles. The lowest BCUT2D eigenvalue weighted by molar-refractivity contribution is -0.404. The molecular weight excluding hydrogens is 1240 g/mol. The molecule has 34 nitrogen and oxygen atoms in total. The number of aliphatic hydroxyl groups excluding tert-OH is 18. The maximum Gasteiger partial charge on any atom is 0.187 e. The fourth-order valence-corrected chi connectivity index (χ4v) is 11.7. The summed E-state index contributed by atoms with van der Waals surface area (Å²) in [5.41, 5.74) is 0. The summed E-state index contributed by atoms with van der Waals surface area (Å²) in [7, 11) is -1.32. The largest absolute Gasteiger partial charge is 0.394 e. The SMILES string of the molecule is CS(=O)CCCCN=C=S.CS(=O)CCCCSC#N.OC[C@H]1OC2OC3[C@@H](CO)OC(O[C@H]4[C@H](O)[C@@H](O)C(O[C@H]5[C@H](O)[C@@H](O)C(O[C@H]6[C@H](O)[C@@H](O)C(O[C@H]7[C@H](O)[C@@H](O)C(OC1[C@H](O)[C@H]2O)O[C@@H]7CO)O[C@@H]6CO)O[C@@H]5CO)O[C@@H]4CO)[C@H](O)[C@H]3O. The van der Waals surface area contributed by atoms with Crippen LogP contribution in [0, 0.1) is 10.7 Å². The van der Waals surface area contributed by atoms with Crippen molar-refractivity contribution in [2.75, 3.05) is 76.0 Å². The zero-order valence-electron chi connectivity index (χ0n) is 46.5. The van der Waals surface area contributed by atoms with E-state index in [2.05, 4.69) is 22.4 Å². The Morgan fingerprint density at radius 2 is 0.605 bits per heavy atom. The van der Waals surface area contributed by atoms with Gasteiger partial charge in [-0.25, -0.2) is 4.99 Å². The summed E-state index contributed by atoms with van der Waals surface area (Å²) in [6, 6.07) is 0. The number of nitrogens with zero attached hydrogens (tertiary/aromatic N) is 2. The van der Waals surface area contributed by atoms with Crippen molar-refractivity contribution in [1.82, 2.24) is 0 Å². The third-order valence-electron chi connectivity index (χ3n) is 14.7. The minimum absolute atomic E-state index is 0.659. The van der Waals surface area contributed by atoms with Gasteiger partial charge in [-0.3, -0.25) is 8.42 Å². The van der Waals surface area contributed by atoms with Crippen molar-refractivity contribution < 1.29 is 157 Å². The molecule has 500 valence electrons. The van der Waals surface area contributed by atoms with E-state index in [1.165, 1.54) is 11.8 Å². The Morgan fingerprint density at radius 3 is 0.791 bits per heavy atom. The number of thiocarbonyl (C=S) groups is 1. The average molecular weight is 1330 g/mol. The summed E-state index contributed by atoms with van der Waals surface area (Å²) in [6.45, 7) is -5.27. The average Bonchev–Trinajstić information content (AvgIpc) is 1.17. The van der Waals surface area contributed by atoms with Crippen LogP contribution in [0.15, 0.2) is 4.99 Å². The van der Waals surface area contributed by atoms with Crippen LogP contribution >= 0.6 is 24.0 Å². The molecule has 38 heteroatoms. The van der Waals surface area contributed by atoms with Gasteiger partial charge in [-0.15, -0.1) is 0 Å². The summed E-state index contributed by atoms with van der Waals surface area (Å²) >= 11 is 5.64. The number of aliphatic imine (C=N–C) groups is 1. The van der Waals surface area contributed by atoms with E-state index in [1.54, 1.807) is 12.5 Å². The fourth-order valence-electron chi connectivity index (χ4n) is 9.99. The monoisotopic (exact) mass is 1330 g/mol. The van der Waals surface area contributed by atoms with E-state index in [1.807, 2.05) is 5.40 Å². The molecule has 22 saturated heterocycles. The Labute approximate surface area is 507 Å². The zero-order valence-corrected chi connectivity index (χ0v) is 49.8. The van der Waals surface area contributed by atoms with Crippen molar-refractivity contribution in [2.24, 2.45) is 4.99 Å². The van der Waals surface area contributed by atoms with Gasteiger partial charge in [-0.05, 0) is 49.7 Å². The van der Waals surface area contributed by atoms with Gasteiger partial charge in [0, 0.05) is 57.9 Å². The number of unbranched alkanes of at least 4 members (excludes halogenated alkanes) is 2. The first-order valence-corrected chi connectivity index (χ1v) is 32.1. The van der Waals surface area contributed by atoms with Gasteiger partial charge in [0.1, 0.15) is 152 Å². The van der Waals surface area contributed by atoms with Crippen molar-refractivity contribution in [3.63, 3.8) is 0 Å². The Morgan fingerprint density at radius 1 is 0.384 bits per heavy atom. The topological polar surface area (TPSA) is 545 Å². The molecule has 10 unspecified atom stereocenters. The summed E-state index contributed by atoms with van der Waals surface area (Å²) in [6.07, 6.45) is -51.2. The second-order valence-electron chi connectivity index (χ2n) is 20.7. The molecule has 0 radical (unpaired) electrons. The van der Waals surface area contributed by atoms with Crippen LogP contribution in [0.4, 0.5) is 0 Å². The molecule has 0 amide bonds. The van der Waals surface area contributed by atoms with Gasteiger partial charge < -0.3 is 149 Å². The fraction of sp³-hybridized carbons (Fsp3) is 0.958. The van der Waals surface area contributed by atoms with E-state index < -0.39 is 245 Å². The van der Waals surface area contributed by atoms with Crippen molar-refractivity contribution >= 4 is 50.7 Å².